The van der Waals surface area contributed by atoms with Crippen LogP contribution in [-0.2, 0) is 9.53 Å². The molecule has 1 amide bonds. The van der Waals surface area contributed by atoms with Crippen molar-refractivity contribution in [2.75, 3.05) is 0 Å². The smallest absolute Gasteiger partial charge is 0.408 e. The van der Waals surface area contributed by atoms with Crippen molar-refractivity contribution < 1.29 is 19.4 Å². The minimum Gasteiger partial charge on any atom is -0.479 e. The van der Waals surface area contributed by atoms with Gasteiger partial charge in [-0.05, 0) is 26.7 Å². The Morgan fingerprint density at radius 2 is 1.76 bits per heavy atom. The molecule has 0 saturated carbocycles. The fraction of sp³-hybridized carbons (Fsp3) is 0.667. The van der Waals surface area contributed by atoms with Crippen LogP contribution in [0, 0.1) is 5.92 Å². The average molecular weight is 243 g/mol. The van der Waals surface area contributed by atoms with Gasteiger partial charge in [0.05, 0.1) is 0 Å². The van der Waals surface area contributed by atoms with Gasteiger partial charge < -0.3 is 15.2 Å². The third-order valence-electron chi connectivity index (χ3n) is 1.63. The molecule has 2 N–H and O–H groups in total. The van der Waals surface area contributed by atoms with Crippen LogP contribution >= 0.6 is 0 Å². The van der Waals surface area contributed by atoms with Gasteiger partial charge in [-0.1, -0.05) is 26.0 Å². The van der Waals surface area contributed by atoms with E-state index in [-0.39, 0.29) is 5.92 Å². The maximum atomic E-state index is 11.4. The maximum Gasteiger partial charge on any atom is 0.408 e. The summed E-state index contributed by atoms with van der Waals surface area (Å²) in [6.07, 6.45) is 2.42. The normalized spacial score (nSPS) is 13.8. The molecule has 17 heavy (non-hydrogen) atoms. The number of carbonyl (C=O) groups is 2. The number of nitrogens with one attached hydrogen (secondary N) is 1. The number of alkyl carbamates (subject to hydrolysis) is 1. The standard InChI is InChI=1S/C12H21NO4/c1-8(2)6-7-9(10(14)15)13-11(16)17-12(3,4)5/h6-9H,1-5H3,(H,13,16)(H,14,15). The predicted octanol–water partition coefficient (Wildman–Crippen LogP) is 2.18. The van der Waals surface area contributed by atoms with Crippen LogP contribution in [0.2, 0.25) is 0 Å². The van der Waals surface area contributed by atoms with Crippen LogP contribution in [0.1, 0.15) is 34.6 Å². The molecular weight excluding hydrogens is 222 g/mol. The topological polar surface area (TPSA) is 75.6 Å². The number of amides is 1. The highest BCUT2D eigenvalue weighted by Crippen LogP contribution is 2.07. The zero-order chi connectivity index (χ0) is 13.6. The van der Waals surface area contributed by atoms with Crippen LogP contribution in [0.3, 0.4) is 0 Å². The summed E-state index contributed by atoms with van der Waals surface area (Å²) in [5, 5.41) is 11.2. The lowest BCUT2D eigenvalue weighted by Gasteiger charge is -2.21. The second-order valence-electron chi connectivity index (χ2n) is 5.09. The Morgan fingerprint density at radius 3 is 2.12 bits per heavy atom. The van der Waals surface area contributed by atoms with E-state index in [0.717, 1.165) is 0 Å². The Balaban J connectivity index is 4.46. The summed E-state index contributed by atoms with van der Waals surface area (Å²) in [7, 11) is 0. The largest absolute Gasteiger partial charge is 0.479 e. The first-order valence-electron chi connectivity index (χ1n) is 5.52. The number of rotatable bonds is 4. The molecule has 0 aromatic rings. The van der Waals surface area contributed by atoms with Gasteiger partial charge in [-0.3, -0.25) is 0 Å². The van der Waals surface area contributed by atoms with E-state index in [4.69, 9.17) is 9.84 Å². The molecule has 0 aromatic carbocycles. The molecule has 5 nitrogen and oxygen atoms in total. The molecule has 0 radical (unpaired) electrons. The van der Waals surface area contributed by atoms with E-state index in [1.54, 1.807) is 26.8 Å². The van der Waals surface area contributed by atoms with Crippen molar-refractivity contribution >= 4 is 12.1 Å². The Labute approximate surface area is 102 Å². The van der Waals surface area contributed by atoms with Crippen molar-refractivity contribution in [1.82, 2.24) is 5.32 Å². The molecular formula is C12H21NO4. The lowest BCUT2D eigenvalue weighted by molar-refractivity contribution is -0.138. The van der Waals surface area contributed by atoms with Crippen LogP contribution in [0.15, 0.2) is 12.2 Å². The molecule has 0 bridgehead atoms. The molecule has 0 aliphatic carbocycles. The van der Waals surface area contributed by atoms with E-state index < -0.39 is 23.7 Å². The summed E-state index contributed by atoms with van der Waals surface area (Å²) in [5.41, 5.74) is -0.644. The number of carboxylic acids is 1. The average Bonchev–Trinajstić information content (AvgIpc) is 2.08. The first-order valence-corrected chi connectivity index (χ1v) is 5.52. The number of aliphatic carboxylic acids is 1. The summed E-state index contributed by atoms with van der Waals surface area (Å²) in [4.78, 5) is 22.3. The first-order chi connectivity index (χ1) is 7.61. The molecule has 0 fully saturated rings. The fourth-order valence-electron chi connectivity index (χ4n) is 0.960. The quantitative estimate of drug-likeness (QED) is 0.742. The van der Waals surface area contributed by atoms with Gasteiger partial charge in [0.2, 0.25) is 0 Å². The predicted molar refractivity (Wildman–Crippen MR) is 64.8 cm³/mol. The second-order valence-corrected chi connectivity index (χ2v) is 5.09. The van der Waals surface area contributed by atoms with Gasteiger partial charge in [0, 0.05) is 0 Å². The monoisotopic (exact) mass is 243 g/mol. The molecule has 0 heterocycles. The molecule has 5 heteroatoms. The number of hydrogen-bond acceptors (Lipinski definition) is 3. The first kappa shape index (κ1) is 15.5. The van der Waals surface area contributed by atoms with Crippen molar-refractivity contribution in [2.24, 2.45) is 5.92 Å². The van der Waals surface area contributed by atoms with Crippen molar-refractivity contribution in [3.63, 3.8) is 0 Å². The van der Waals surface area contributed by atoms with Gasteiger partial charge in [-0.15, -0.1) is 0 Å². The Hall–Kier alpha value is -1.52. The highest BCUT2D eigenvalue weighted by atomic mass is 16.6. The molecule has 1 atom stereocenters. The summed E-state index contributed by atoms with van der Waals surface area (Å²) in [5.74, 6) is -0.898. The molecule has 0 aliphatic rings. The van der Waals surface area contributed by atoms with Crippen LogP contribution in [0.4, 0.5) is 4.79 Å². The van der Waals surface area contributed by atoms with Crippen molar-refractivity contribution in [2.45, 2.75) is 46.3 Å². The van der Waals surface area contributed by atoms with E-state index in [0.29, 0.717) is 0 Å². The summed E-state index contributed by atoms with van der Waals surface area (Å²) >= 11 is 0. The highest BCUT2D eigenvalue weighted by molar-refractivity contribution is 5.81. The van der Waals surface area contributed by atoms with Crippen molar-refractivity contribution in [1.29, 1.82) is 0 Å². The van der Waals surface area contributed by atoms with Gasteiger partial charge in [0.15, 0.2) is 0 Å². The third kappa shape index (κ3) is 8.30. The van der Waals surface area contributed by atoms with E-state index in [1.807, 2.05) is 13.8 Å². The zero-order valence-corrected chi connectivity index (χ0v) is 11.0. The van der Waals surface area contributed by atoms with Crippen molar-refractivity contribution in [3.05, 3.63) is 12.2 Å². The number of allylic oxidation sites excluding steroid dienone is 1. The van der Waals surface area contributed by atoms with Crippen LogP contribution < -0.4 is 5.32 Å². The van der Waals surface area contributed by atoms with Crippen molar-refractivity contribution in [3.8, 4) is 0 Å². The van der Waals surface area contributed by atoms with E-state index in [2.05, 4.69) is 5.32 Å². The Bertz CT molecular complexity index is 302. The molecule has 0 spiro atoms. The SMILES string of the molecule is CC(C)C=CC(NC(=O)OC(C)(C)C)C(=O)O. The van der Waals surface area contributed by atoms with E-state index >= 15 is 0 Å². The number of ether oxygens (including phenoxy) is 1. The van der Waals surface area contributed by atoms with E-state index in [9.17, 15) is 9.59 Å². The number of hydrogen-bond donors (Lipinski definition) is 2. The lowest BCUT2D eigenvalue weighted by atomic mass is 10.1. The van der Waals surface area contributed by atoms with Crippen LogP contribution in [-0.4, -0.2) is 28.8 Å². The summed E-state index contributed by atoms with van der Waals surface area (Å²) in [6, 6.07) is -1.06. The Morgan fingerprint density at radius 1 is 1.24 bits per heavy atom. The number of carboxylic acid groups (broad SMARTS) is 1. The minimum atomic E-state index is -1.12. The van der Waals surface area contributed by atoms with Crippen LogP contribution in [0.25, 0.3) is 0 Å². The minimum absolute atomic E-state index is 0.220. The fourth-order valence-corrected chi connectivity index (χ4v) is 0.960. The van der Waals surface area contributed by atoms with Gasteiger partial charge >= 0.3 is 12.1 Å². The molecule has 0 rings (SSSR count). The lowest BCUT2D eigenvalue weighted by Crippen LogP contribution is -2.42. The Kier molecular flexibility index (Phi) is 5.71. The summed E-state index contributed by atoms with van der Waals surface area (Å²) in [6.45, 7) is 8.98. The number of carbonyl (C=O) groups excluding carboxylic acids is 1. The highest BCUT2D eigenvalue weighted by Gasteiger charge is 2.21. The molecule has 0 aliphatic heterocycles. The van der Waals surface area contributed by atoms with Gasteiger partial charge in [0.25, 0.3) is 0 Å². The van der Waals surface area contributed by atoms with E-state index in [1.165, 1.54) is 6.08 Å². The maximum absolute atomic E-state index is 11.4. The molecule has 0 saturated heterocycles. The van der Waals surface area contributed by atoms with Gasteiger partial charge in [-0.25, -0.2) is 9.59 Å². The summed E-state index contributed by atoms with van der Waals surface area (Å²) < 4.78 is 4.98. The van der Waals surface area contributed by atoms with Gasteiger partial charge in [-0.2, -0.15) is 0 Å². The zero-order valence-electron chi connectivity index (χ0n) is 11.0. The third-order valence-corrected chi connectivity index (χ3v) is 1.63. The second kappa shape index (κ2) is 6.27. The van der Waals surface area contributed by atoms with Gasteiger partial charge in [0.1, 0.15) is 11.6 Å². The molecule has 0 aromatic heterocycles. The molecule has 98 valence electrons. The molecule has 1 unspecified atom stereocenters. The van der Waals surface area contributed by atoms with Crippen LogP contribution in [0.5, 0.6) is 0 Å².